The van der Waals surface area contributed by atoms with Crippen molar-refractivity contribution in [3.63, 3.8) is 0 Å². The normalized spacial score (nSPS) is 11.8. The zero-order valence-electron chi connectivity index (χ0n) is 13.5. The van der Waals surface area contributed by atoms with Crippen molar-refractivity contribution in [1.29, 1.82) is 0 Å². The van der Waals surface area contributed by atoms with E-state index in [0.29, 0.717) is 11.6 Å². The van der Waals surface area contributed by atoms with Gasteiger partial charge in [0.25, 0.3) is 0 Å². The molecule has 116 valence electrons. The van der Waals surface area contributed by atoms with Gasteiger partial charge in [0.15, 0.2) is 11.5 Å². The van der Waals surface area contributed by atoms with Gasteiger partial charge in [-0.05, 0) is 11.8 Å². The number of nitrogens with zero attached hydrogens (tertiary/aromatic N) is 3. The van der Waals surface area contributed by atoms with Crippen molar-refractivity contribution in [2.45, 2.75) is 46.5 Å². The highest BCUT2D eigenvalue weighted by Crippen LogP contribution is 2.26. The van der Waals surface area contributed by atoms with Crippen molar-refractivity contribution in [2.24, 2.45) is 5.41 Å². The number of H-pyrrole nitrogens is 1. The summed E-state index contributed by atoms with van der Waals surface area (Å²) in [6.07, 6.45) is 6.69. The molecule has 2 rings (SSSR count). The summed E-state index contributed by atoms with van der Waals surface area (Å²) in [5.41, 5.74) is 1.78. The molecule has 0 aliphatic heterocycles. The van der Waals surface area contributed by atoms with Crippen molar-refractivity contribution < 1.29 is 0 Å². The van der Waals surface area contributed by atoms with Gasteiger partial charge in [0.2, 0.25) is 5.95 Å². The molecule has 2 heterocycles. The molecule has 3 N–H and O–H groups in total. The van der Waals surface area contributed by atoms with E-state index >= 15 is 0 Å². The van der Waals surface area contributed by atoms with E-state index in [4.69, 9.17) is 0 Å². The molecule has 0 aliphatic rings. The highest BCUT2D eigenvalue weighted by molar-refractivity contribution is 5.83. The zero-order chi connectivity index (χ0) is 15.3. The molecule has 0 unspecified atom stereocenters. The minimum Gasteiger partial charge on any atom is -0.368 e. The molecule has 6 heteroatoms. The van der Waals surface area contributed by atoms with Gasteiger partial charge in [0.1, 0.15) is 5.52 Å². The quantitative estimate of drug-likeness (QED) is 0.649. The second kappa shape index (κ2) is 6.74. The molecule has 0 bridgehead atoms. The summed E-state index contributed by atoms with van der Waals surface area (Å²) in [4.78, 5) is 16.1. The van der Waals surface area contributed by atoms with Crippen LogP contribution < -0.4 is 10.6 Å². The molecule has 0 aliphatic carbocycles. The summed E-state index contributed by atoms with van der Waals surface area (Å²) in [6, 6.07) is 0. The van der Waals surface area contributed by atoms with Gasteiger partial charge in [-0.25, -0.2) is 4.98 Å². The van der Waals surface area contributed by atoms with Gasteiger partial charge in [-0.15, -0.1) is 0 Å². The average molecular weight is 290 g/mol. The summed E-state index contributed by atoms with van der Waals surface area (Å²) >= 11 is 0. The summed E-state index contributed by atoms with van der Waals surface area (Å²) in [7, 11) is 1.81. The van der Waals surface area contributed by atoms with Crippen LogP contribution in [0.3, 0.4) is 0 Å². The highest BCUT2D eigenvalue weighted by atomic mass is 15.2. The number of hydrogen-bond donors (Lipinski definition) is 3. The number of unbranched alkanes of at least 4 members (excludes halogenated alkanes) is 2. The summed E-state index contributed by atoms with van der Waals surface area (Å²) in [5.74, 6) is 1.39. The maximum atomic E-state index is 4.49. The third-order valence-electron chi connectivity index (χ3n) is 3.70. The number of hydrogen-bond acceptors (Lipinski definition) is 5. The number of aromatic nitrogens is 4. The molecule has 6 nitrogen and oxygen atoms in total. The molecule has 0 fully saturated rings. The maximum Gasteiger partial charge on any atom is 0.226 e. The van der Waals surface area contributed by atoms with Crippen LogP contribution in [0.15, 0.2) is 6.33 Å². The lowest BCUT2D eigenvalue weighted by Gasteiger charge is -2.25. The standard InChI is InChI=1S/C15H26N6/c1-5-6-7-8-15(2,3)9-17-12-11-13(19-10-18-11)21-14(16-4)20-12/h10H,5-9H2,1-4H3,(H3,16,17,18,19,20,21). The van der Waals surface area contributed by atoms with E-state index in [1.165, 1.54) is 25.7 Å². The van der Waals surface area contributed by atoms with E-state index in [9.17, 15) is 0 Å². The Morgan fingerprint density at radius 2 is 2.05 bits per heavy atom. The third-order valence-corrected chi connectivity index (χ3v) is 3.70. The van der Waals surface area contributed by atoms with E-state index in [1.54, 1.807) is 6.33 Å². The van der Waals surface area contributed by atoms with Crippen LogP contribution in [-0.2, 0) is 0 Å². The fourth-order valence-electron chi connectivity index (χ4n) is 2.34. The first-order valence-electron chi connectivity index (χ1n) is 7.68. The van der Waals surface area contributed by atoms with Gasteiger partial charge in [-0.2, -0.15) is 9.97 Å². The molecule has 0 spiro atoms. The predicted molar refractivity (Wildman–Crippen MR) is 87.6 cm³/mol. The fourth-order valence-corrected chi connectivity index (χ4v) is 2.34. The Labute approximate surface area is 126 Å². The molecular weight excluding hydrogens is 264 g/mol. The van der Waals surface area contributed by atoms with Crippen LogP contribution in [0, 0.1) is 5.41 Å². The first-order chi connectivity index (χ1) is 10.1. The summed E-state index contributed by atoms with van der Waals surface area (Å²) in [6.45, 7) is 7.70. The lowest BCUT2D eigenvalue weighted by Crippen LogP contribution is -2.23. The van der Waals surface area contributed by atoms with Crippen LogP contribution in [0.4, 0.5) is 11.8 Å². The first-order valence-corrected chi connectivity index (χ1v) is 7.68. The van der Waals surface area contributed by atoms with Crippen LogP contribution in [0.1, 0.15) is 46.5 Å². The molecule has 0 saturated heterocycles. The third kappa shape index (κ3) is 4.06. The van der Waals surface area contributed by atoms with Crippen LogP contribution in [-0.4, -0.2) is 33.5 Å². The Balaban J connectivity index is 2.07. The van der Waals surface area contributed by atoms with E-state index in [1.807, 2.05) is 7.05 Å². The number of nitrogens with one attached hydrogen (secondary N) is 3. The number of anilines is 2. The maximum absolute atomic E-state index is 4.49. The van der Waals surface area contributed by atoms with Crippen molar-refractivity contribution in [1.82, 2.24) is 19.9 Å². The highest BCUT2D eigenvalue weighted by Gasteiger charge is 2.18. The molecule has 0 aromatic carbocycles. The largest absolute Gasteiger partial charge is 0.368 e. The van der Waals surface area contributed by atoms with Gasteiger partial charge < -0.3 is 15.6 Å². The Hall–Kier alpha value is -1.85. The van der Waals surface area contributed by atoms with Crippen LogP contribution in [0.25, 0.3) is 11.2 Å². The van der Waals surface area contributed by atoms with E-state index in [2.05, 4.69) is 51.3 Å². The van der Waals surface area contributed by atoms with Gasteiger partial charge in [-0.3, -0.25) is 0 Å². The topological polar surface area (TPSA) is 78.5 Å². The summed E-state index contributed by atoms with van der Waals surface area (Å²) < 4.78 is 0. The van der Waals surface area contributed by atoms with Crippen molar-refractivity contribution in [3.8, 4) is 0 Å². The van der Waals surface area contributed by atoms with Crippen LogP contribution in [0.2, 0.25) is 0 Å². The number of aromatic amines is 1. The van der Waals surface area contributed by atoms with Gasteiger partial charge in [0.05, 0.1) is 6.33 Å². The monoisotopic (exact) mass is 290 g/mol. The van der Waals surface area contributed by atoms with E-state index in [-0.39, 0.29) is 5.41 Å². The average Bonchev–Trinajstić information content (AvgIpc) is 2.93. The SMILES string of the molecule is CCCCCC(C)(C)CNc1nc(NC)nc2nc[nH]c12. The number of fused-ring (bicyclic) bond motifs is 1. The molecule has 0 atom stereocenters. The minimum absolute atomic E-state index is 0.242. The molecule has 0 saturated carbocycles. The van der Waals surface area contributed by atoms with Crippen molar-refractivity contribution in [2.75, 3.05) is 24.2 Å². The van der Waals surface area contributed by atoms with Crippen LogP contribution >= 0.6 is 0 Å². The minimum atomic E-state index is 0.242. The Kier molecular flexibility index (Phi) is 4.98. The molecular formula is C15H26N6. The smallest absolute Gasteiger partial charge is 0.226 e. The van der Waals surface area contributed by atoms with Gasteiger partial charge >= 0.3 is 0 Å². The zero-order valence-corrected chi connectivity index (χ0v) is 13.5. The summed E-state index contributed by atoms with van der Waals surface area (Å²) in [5, 5.41) is 6.43. The molecule has 2 aromatic heterocycles. The van der Waals surface area contributed by atoms with Crippen molar-refractivity contribution in [3.05, 3.63) is 6.33 Å². The number of imidazole rings is 1. The van der Waals surface area contributed by atoms with Crippen LogP contribution in [0.5, 0.6) is 0 Å². The predicted octanol–water partition coefficient (Wildman–Crippen LogP) is 3.41. The lowest BCUT2D eigenvalue weighted by atomic mass is 9.87. The first kappa shape index (κ1) is 15.5. The van der Waals surface area contributed by atoms with Gasteiger partial charge in [0, 0.05) is 13.6 Å². The Bertz CT molecular complexity index is 575. The molecule has 2 aromatic rings. The second-order valence-electron chi connectivity index (χ2n) is 6.22. The molecule has 0 radical (unpaired) electrons. The fraction of sp³-hybridized carbons (Fsp3) is 0.667. The Morgan fingerprint density at radius 1 is 1.24 bits per heavy atom. The molecule has 0 amide bonds. The Morgan fingerprint density at radius 3 is 2.76 bits per heavy atom. The van der Waals surface area contributed by atoms with Crippen molar-refractivity contribution >= 4 is 22.9 Å². The molecule has 21 heavy (non-hydrogen) atoms. The van der Waals surface area contributed by atoms with Gasteiger partial charge in [-0.1, -0.05) is 40.0 Å². The van der Waals surface area contributed by atoms with E-state index in [0.717, 1.165) is 17.9 Å². The lowest BCUT2D eigenvalue weighted by molar-refractivity contribution is 0.342. The second-order valence-corrected chi connectivity index (χ2v) is 6.22. The number of rotatable bonds is 8. The van der Waals surface area contributed by atoms with E-state index < -0.39 is 0 Å².